The molecule has 3 unspecified atom stereocenters. The molecular formula is C66H127NO5. The van der Waals surface area contributed by atoms with Crippen LogP contribution in [0.4, 0.5) is 0 Å². The molecular weight excluding hydrogens is 887 g/mol. The van der Waals surface area contributed by atoms with Gasteiger partial charge in [-0.05, 0) is 57.8 Å². The van der Waals surface area contributed by atoms with Crippen LogP contribution in [-0.4, -0.2) is 46.9 Å². The van der Waals surface area contributed by atoms with E-state index < -0.39 is 18.2 Å². The molecule has 0 rings (SSSR count). The van der Waals surface area contributed by atoms with Crippen LogP contribution in [0.3, 0.4) is 0 Å². The predicted molar refractivity (Wildman–Crippen MR) is 315 cm³/mol. The molecule has 0 saturated heterocycles. The van der Waals surface area contributed by atoms with Crippen LogP contribution < -0.4 is 5.32 Å². The van der Waals surface area contributed by atoms with Crippen molar-refractivity contribution in [2.24, 2.45) is 0 Å². The van der Waals surface area contributed by atoms with E-state index in [-0.39, 0.29) is 24.9 Å². The second-order valence-electron chi connectivity index (χ2n) is 22.5. The number of carbonyl (C=O) groups is 2. The molecule has 0 aliphatic carbocycles. The Labute approximate surface area is 450 Å². The second kappa shape index (κ2) is 60.2. The van der Waals surface area contributed by atoms with E-state index in [1.807, 2.05) is 0 Å². The lowest BCUT2D eigenvalue weighted by atomic mass is 10.0. The monoisotopic (exact) mass is 1010 g/mol. The third-order valence-corrected chi connectivity index (χ3v) is 15.3. The standard InChI is InChI=1S/C66H127NO5/c1-4-7-10-13-16-19-22-25-28-31-32-35-38-41-44-47-50-53-56-59-66(71)72-62(57-54-51-48-45-42-39-36-33-29-26-23-20-17-14-11-8-5-2)60-65(70)67-63(61-68)64(69)58-55-52-49-46-43-40-37-34-30-27-24-21-18-15-12-9-6-3/h16,19,25,28,62-64,68-69H,4-15,17-18,20-24,26-27,29-61H2,1-3H3,(H,67,70)/b19-16-,28-25-. The Morgan fingerprint density at radius 2 is 0.708 bits per heavy atom. The maximum Gasteiger partial charge on any atom is 0.306 e. The van der Waals surface area contributed by atoms with Gasteiger partial charge < -0.3 is 20.3 Å². The summed E-state index contributed by atoms with van der Waals surface area (Å²) in [5, 5.41) is 24.0. The van der Waals surface area contributed by atoms with Crippen molar-refractivity contribution in [3.8, 4) is 0 Å². The molecule has 0 bridgehead atoms. The summed E-state index contributed by atoms with van der Waals surface area (Å²) in [5.41, 5.74) is 0. The highest BCUT2D eigenvalue weighted by molar-refractivity contribution is 5.77. The van der Waals surface area contributed by atoms with E-state index in [0.29, 0.717) is 19.3 Å². The van der Waals surface area contributed by atoms with Gasteiger partial charge in [-0.3, -0.25) is 9.59 Å². The lowest BCUT2D eigenvalue weighted by molar-refractivity contribution is -0.151. The van der Waals surface area contributed by atoms with Crippen molar-refractivity contribution in [3.63, 3.8) is 0 Å². The Kier molecular flexibility index (Phi) is 58.8. The van der Waals surface area contributed by atoms with Gasteiger partial charge in [-0.1, -0.05) is 315 Å². The largest absolute Gasteiger partial charge is 0.462 e. The molecule has 3 N–H and O–H groups in total. The first-order valence-corrected chi connectivity index (χ1v) is 32.6. The number of carbonyl (C=O) groups excluding carboxylic acids is 2. The number of ether oxygens (including phenoxy) is 1. The number of amides is 1. The minimum absolute atomic E-state index is 0.0831. The van der Waals surface area contributed by atoms with E-state index in [9.17, 15) is 19.8 Å². The van der Waals surface area contributed by atoms with Gasteiger partial charge in [0.1, 0.15) is 6.10 Å². The van der Waals surface area contributed by atoms with Gasteiger partial charge in [0.2, 0.25) is 5.91 Å². The average Bonchev–Trinajstić information content (AvgIpc) is 3.37. The Bertz CT molecular complexity index is 1140. The van der Waals surface area contributed by atoms with Crippen LogP contribution in [0.15, 0.2) is 24.3 Å². The molecule has 426 valence electrons. The van der Waals surface area contributed by atoms with E-state index in [1.165, 1.54) is 263 Å². The quantitative estimate of drug-likeness (QED) is 0.0320. The zero-order valence-corrected chi connectivity index (χ0v) is 48.8. The van der Waals surface area contributed by atoms with Crippen molar-refractivity contribution in [2.75, 3.05) is 6.61 Å². The number of aliphatic hydroxyl groups is 2. The van der Waals surface area contributed by atoms with Gasteiger partial charge in [0.05, 0.1) is 25.2 Å². The van der Waals surface area contributed by atoms with Gasteiger partial charge in [-0.25, -0.2) is 0 Å². The molecule has 0 aromatic heterocycles. The molecule has 0 heterocycles. The molecule has 0 aromatic rings. The number of unbranched alkanes of at least 4 members (excludes halogenated alkanes) is 44. The molecule has 0 saturated carbocycles. The molecule has 3 atom stereocenters. The van der Waals surface area contributed by atoms with Crippen molar-refractivity contribution in [1.29, 1.82) is 0 Å². The Hall–Kier alpha value is -1.66. The first kappa shape index (κ1) is 70.3. The molecule has 0 aliphatic rings. The van der Waals surface area contributed by atoms with E-state index >= 15 is 0 Å². The van der Waals surface area contributed by atoms with Gasteiger partial charge in [0, 0.05) is 6.42 Å². The molecule has 0 fully saturated rings. The summed E-state index contributed by atoms with van der Waals surface area (Å²) in [6.07, 6.45) is 72.5. The number of allylic oxidation sites excluding steroid dienone is 4. The van der Waals surface area contributed by atoms with Crippen LogP contribution in [0.25, 0.3) is 0 Å². The summed E-state index contributed by atoms with van der Waals surface area (Å²) in [6.45, 7) is 6.52. The average molecular weight is 1010 g/mol. The lowest BCUT2D eigenvalue weighted by Gasteiger charge is -2.24. The number of hydrogen-bond acceptors (Lipinski definition) is 5. The molecule has 6 heteroatoms. The van der Waals surface area contributed by atoms with Crippen LogP contribution in [0.5, 0.6) is 0 Å². The summed E-state index contributed by atoms with van der Waals surface area (Å²) < 4.78 is 6.00. The predicted octanol–water partition coefficient (Wildman–Crippen LogP) is 20.6. The number of aliphatic hydroxyl groups excluding tert-OH is 2. The van der Waals surface area contributed by atoms with Crippen LogP contribution in [-0.2, 0) is 14.3 Å². The van der Waals surface area contributed by atoms with Gasteiger partial charge in [-0.15, -0.1) is 0 Å². The SMILES string of the molecule is CCCCC/C=C\C/C=C\CCCCCCCCCCCC(=O)OC(CCCCCCCCCCCCCCCCCCC)CC(=O)NC(CO)C(O)CCCCCCCCCCCCCCCCCCC. The summed E-state index contributed by atoms with van der Waals surface area (Å²) in [5.74, 6) is -0.452. The van der Waals surface area contributed by atoms with Crippen molar-refractivity contribution in [3.05, 3.63) is 24.3 Å². The van der Waals surface area contributed by atoms with Crippen molar-refractivity contribution < 1.29 is 24.5 Å². The van der Waals surface area contributed by atoms with Crippen LogP contribution >= 0.6 is 0 Å². The van der Waals surface area contributed by atoms with Crippen LogP contribution in [0.2, 0.25) is 0 Å². The van der Waals surface area contributed by atoms with Gasteiger partial charge in [-0.2, -0.15) is 0 Å². The smallest absolute Gasteiger partial charge is 0.306 e. The molecule has 0 radical (unpaired) electrons. The summed E-state index contributed by atoms with van der Waals surface area (Å²) in [4.78, 5) is 26.4. The third-order valence-electron chi connectivity index (χ3n) is 15.3. The van der Waals surface area contributed by atoms with E-state index in [1.54, 1.807) is 0 Å². The van der Waals surface area contributed by atoms with Gasteiger partial charge in [0.15, 0.2) is 0 Å². The number of rotatable bonds is 60. The highest BCUT2D eigenvalue weighted by Gasteiger charge is 2.24. The maximum atomic E-state index is 13.3. The van der Waals surface area contributed by atoms with Gasteiger partial charge in [0.25, 0.3) is 0 Å². The Balaban J connectivity index is 4.49. The zero-order valence-electron chi connectivity index (χ0n) is 48.8. The lowest BCUT2D eigenvalue weighted by Crippen LogP contribution is -2.46. The van der Waals surface area contributed by atoms with Crippen LogP contribution in [0, 0.1) is 0 Å². The van der Waals surface area contributed by atoms with Crippen molar-refractivity contribution >= 4 is 11.9 Å². The van der Waals surface area contributed by atoms with E-state index in [4.69, 9.17) is 4.74 Å². The first-order valence-electron chi connectivity index (χ1n) is 32.6. The highest BCUT2D eigenvalue weighted by atomic mass is 16.5. The number of esters is 1. The minimum atomic E-state index is -0.786. The molecule has 72 heavy (non-hydrogen) atoms. The van der Waals surface area contributed by atoms with Crippen molar-refractivity contribution in [2.45, 2.75) is 379 Å². The molecule has 6 nitrogen and oxygen atoms in total. The van der Waals surface area contributed by atoms with Crippen LogP contribution in [0.1, 0.15) is 361 Å². The first-order chi connectivity index (χ1) is 35.5. The second-order valence-corrected chi connectivity index (χ2v) is 22.5. The summed E-state index contributed by atoms with van der Waals surface area (Å²) in [7, 11) is 0. The molecule has 0 aromatic carbocycles. The maximum absolute atomic E-state index is 13.3. The minimum Gasteiger partial charge on any atom is -0.462 e. The fraction of sp³-hybridized carbons (Fsp3) is 0.909. The topological polar surface area (TPSA) is 95.9 Å². The van der Waals surface area contributed by atoms with Crippen molar-refractivity contribution in [1.82, 2.24) is 5.32 Å². The Morgan fingerprint density at radius 1 is 0.403 bits per heavy atom. The number of hydrogen-bond donors (Lipinski definition) is 3. The molecule has 0 spiro atoms. The third kappa shape index (κ3) is 54.6. The van der Waals surface area contributed by atoms with Gasteiger partial charge >= 0.3 is 5.97 Å². The Morgan fingerprint density at radius 3 is 1.08 bits per heavy atom. The van der Waals surface area contributed by atoms with E-state index in [2.05, 4.69) is 50.4 Å². The summed E-state index contributed by atoms with van der Waals surface area (Å²) in [6, 6.07) is -0.699. The normalized spacial score (nSPS) is 13.1. The highest BCUT2D eigenvalue weighted by Crippen LogP contribution is 2.20. The fourth-order valence-corrected chi connectivity index (χ4v) is 10.3. The number of nitrogens with one attached hydrogen (secondary N) is 1. The molecule has 0 aliphatic heterocycles. The summed E-state index contributed by atoms with van der Waals surface area (Å²) >= 11 is 0. The zero-order chi connectivity index (χ0) is 52.3. The van der Waals surface area contributed by atoms with E-state index in [0.717, 1.165) is 51.4 Å². The fourth-order valence-electron chi connectivity index (χ4n) is 10.3. The molecule has 1 amide bonds.